The van der Waals surface area contributed by atoms with Crippen molar-refractivity contribution in [2.75, 3.05) is 13.2 Å². The highest BCUT2D eigenvalue weighted by Crippen LogP contribution is 2.30. The molecule has 0 saturated carbocycles. The molecule has 1 rings (SSSR count). The first-order chi connectivity index (χ1) is 10.1. The number of ether oxygens (including phenoxy) is 2. The highest BCUT2D eigenvalue weighted by Gasteiger charge is 2.48. The van der Waals surface area contributed by atoms with Gasteiger partial charge in [-0.3, -0.25) is 4.90 Å². The molecule has 0 aromatic heterocycles. The minimum Gasteiger partial charge on any atom is -0.464 e. The number of rotatable bonds is 4. The summed E-state index contributed by atoms with van der Waals surface area (Å²) in [6, 6.07) is -0.784. The predicted molar refractivity (Wildman–Crippen MR) is 82.3 cm³/mol. The smallest absolute Gasteiger partial charge is 0.411 e. The Kier molecular flexibility index (Phi) is 6.23. The molecule has 0 aromatic carbocycles. The van der Waals surface area contributed by atoms with Gasteiger partial charge in [-0.15, -0.1) is 0 Å². The summed E-state index contributed by atoms with van der Waals surface area (Å²) in [5.74, 6) is -0.583. The van der Waals surface area contributed by atoms with Gasteiger partial charge in [0.25, 0.3) is 0 Å². The molecule has 6 nitrogen and oxygen atoms in total. The first-order valence-electron chi connectivity index (χ1n) is 7.91. The van der Waals surface area contributed by atoms with Gasteiger partial charge in [0.2, 0.25) is 0 Å². The molecule has 1 aliphatic rings. The van der Waals surface area contributed by atoms with Crippen molar-refractivity contribution in [1.29, 1.82) is 0 Å². The van der Waals surface area contributed by atoms with Gasteiger partial charge in [0, 0.05) is 5.92 Å². The molecule has 1 saturated heterocycles. The lowest BCUT2D eigenvalue weighted by molar-refractivity contribution is -0.151. The molecule has 0 bridgehead atoms. The summed E-state index contributed by atoms with van der Waals surface area (Å²) in [7, 11) is 0. The van der Waals surface area contributed by atoms with Crippen LogP contribution in [0.25, 0.3) is 0 Å². The van der Waals surface area contributed by atoms with Crippen molar-refractivity contribution >= 4 is 12.1 Å². The van der Waals surface area contributed by atoms with E-state index in [2.05, 4.69) is 0 Å². The molecule has 0 spiro atoms. The van der Waals surface area contributed by atoms with E-state index in [0.29, 0.717) is 13.0 Å². The van der Waals surface area contributed by atoms with Crippen molar-refractivity contribution in [2.45, 2.75) is 65.7 Å². The largest absolute Gasteiger partial charge is 0.464 e. The van der Waals surface area contributed by atoms with Crippen LogP contribution in [0.5, 0.6) is 0 Å². The number of hydrogen-bond acceptors (Lipinski definition) is 5. The summed E-state index contributed by atoms with van der Waals surface area (Å²) < 4.78 is 10.6. The van der Waals surface area contributed by atoms with Crippen LogP contribution in [0.3, 0.4) is 0 Å². The second kappa shape index (κ2) is 7.31. The summed E-state index contributed by atoms with van der Waals surface area (Å²) in [5, 5.41) is 10.1. The fourth-order valence-corrected chi connectivity index (χ4v) is 2.53. The number of carbonyl (C=O) groups is 2. The van der Waals surface area contributed by atoms with E-state index >= 15 is 0 Å². The third kappa shape index (κ3) is 4.87. The Morgan fingerprint density at radius 2 is 1.91 bits per heavy atom. The number of β-amino-alcohol motifs (C(OH)–C–C–N with tert-alkyl or cyclic N) is 1. The maximum Gasteiger partial charge on any atom is 0.411 e. The lowest BCUT2D eigenvalue weighted by Gasteiger charge is -2.29. The molecular weight excluding hydrogens is 286 g/mol. The Morgan fingerprint density at radius 1 is 1.32 bits per heavy atom. The Labute approximate surface area is 132 Å². The second-order valence-corrected chi connectivity index (χ2v) is 7.24. The van der Waals surface area contributed by atoms with E-state index in [1.54, 1.807) is 20.8 Å². The molecule has 22 heavy (non-hydrogen) atoms. The Balaban J connectivity index is 2.89. The fraction of sp³-hybridized carbons (Fsp3) is 0.875. The third-order valence-electron chi connectivity index (χ3n) is 3.52. The average Bonchev–Trinajstić information content (AvgIpc) is 2.70. The molecule has 3 unspecified atom stereocenters. The van der Waals surface area contributed by atoms with E-state index < -0.39 is 29.8 Å². The monoisotopic (exact) mass is 315 g/mol. The summed E-state index contributed by atoms with van der Waals surface area (Å²) in [6.07, 6.45) is -0.745. The van der Waals surface area contributed by atoms with Crippen LogP contribution >= 0.6 is 0 Å². The first-order valence-corrected chi connectivity index (χ1v) is 7.91. The number of amides is 1. The summed E-state index contributed by atoms with van der Waals surface area (Å²) in [5.41, 5.74) is -0.654. The molecule has 128 valence electrons. The number of aliphatic hydroxyl groups excluding tert-OH is 1. The van der Waals surface area contributed by atoms with Crippen LogP contribution in [0.15, 0.2) is 0 Å². The lowest BCUT2D eigenvalue weighted by Crippen LogP contribution is -2.46. The van der Waals surface area contributed by atoms with Crippen LogP contribution in [-0.2, 0) is 14.3 Å². The Morgan fingerprint density at radius 3 is 2.36 bits per heavy atom. The van der Waals surface area contributed by atoms with E-state index in [-0.39, 0.29) is 18.4 Å². The van der Waals surface area contributed by atoms with E-state index in [9.17, 15) is 14.7 Å². The van der Waals surface area contributed by atoms with Gasteiger partial charge in [-0.25, -0.2) is 9.59 Å². The molecular formula is C16H29NO5. The number of likely N-dealkylation sites (tertiary alicyclic amines) is 1. The van der Waals surface area contributed by atoms with Gasteiger partial charge in [0.05, 0.1) is 19.3 Å². The van der Waals surface area contributed by atoms with Crippen LogP contribution in [0.1, 0.15) is 48.0 Å². The predicted octanol–water partition coefficient (Wildman–Crippen LogP) is 2.19. The van der Waals surface area contributed by atoms with Crippen molar-refractivity contribution in [3.05, 3.63) is 0 Å². The lowest BCUT2D eigenvalue weighted by atomic mass is 9.95. The molecule has 1 aliphatic heterocycles. The minimum absolute atomic E-state index is 0.0921. The highest BCUT2D eigenvalue weighted by atomic mass is 16.6. The average molecular weight is 315 g/mol. The molecule has 1 fully saturated rings. The first kappa shape index (κ1) is 18.7. The zero-order valence-corrected chi connectivity index (χ0v) is 14.5. The number of nitrogens with zero attached hydrogens (tertiary/aromatic N) is 1. The van der Waals surface area contributed by atoms with E-state index in [0.717, 1.165) is 0 Å². The Bertz CT molecular complexity index is 402. The molecule has 0 radical (unpaired) electrons. The SMILES string of the molecule is CCC1C(O)CN(C(=O)OC(C)(C)C)C1C(=O)OCC(C)C. The molecule has 3 atom stereocenters. The van der Waals surface area contributed by atoms with Gasteiger partial charge in [-0.2, -0.15) is 0 Å². The number of hydrogen-bond donors (Lipinski definition) is 1. The normalized spacial score (nSPS) is 25.5. The summed E-state index contributed by atoms with van der Waals surface area (Å²) >= 11 is 0. The summed E-state index contributed by atoms with van der Waals surface area (Å²) in [4.78, 5) is 26.0. The van der Waals surface area contributed by atoms with Crippen LogP contribution in [-0.4, -0.2) is 53.0 Å². The van der Waals surface area contributed by atoms with E-state index in [1.807, 2.05) is 20.8 Å². The molecule has 1 N–H and O–H groups in total. The fourth-order valence-electron chi connectivity index (χ4n) is 2.53. The van der Waals surface area contributed by atoms with Crippen molar-refractivity contribution < 1.29 is 24.2 Å². The maximum atomic E-state index is 12.4. The summed E-state index contributed by atoms with van der Waals surface area (Å²) in [6.45, 7) is 11.5. The van der Waals surface area contributed by atoms with Crippen molar-refractivity contribution in [3.63, 3.8) is 0 Å². The van der Waals surface area contributed by atoms with Gasteiger partial charge in [-0.1, -0.05) is 20.8 Å². The number of carbonyl (C=O) groups excluding carboxylic acids is 2. The van der Waals surface area contributed by atoms with Gasteiger partial charge in [-0.05, 0) is 33.1 Å². The van der Waals surface area contributed by atoms with Gasteiger partial charge < -0.3 is 14.6 Å². The standard InChI is InChI=1S/C16H29NO5/c1-7-11-12(18)8-17(15(20)22-16(4,5)6)13(11)14(19)21-9-10(2)3/h10-13,18H,7-9H2,1-6H3. The second-order valence-electron chi connectivity index (χ2n) is 7.24. The van der Waals surface area contributed by atoms with Crippen molar-refractivity contribution in [2.24, 2.45) is 11.8 Å². The zero-order valence-electron chi connectivity index (χ0n) is 14.5. The Hall–Kier alpha value is -1.30. The van der Waals surface area contributed by atoms with Gasteiger partial charge in [0.15, 0.2) is 0 Å². The maximum absolute atomic E-state index is 12.4. The van der Waals surface area contributed by atoms with Crippen molar-refractivity contribution in [1.82, 2.24) is 4.90 Å². The quantitative estimate of drug-likeness (QED) is 0.805. The molecule has 6 heteroatoms. The highest BCUT2D eigenvalue weighted by molar-refractivity contribution is 5.83. The number of esters is 1. The van der Waals surface area contributed by atoms with Crippen molar-refractivity contribution in [3.8, 4) is 0 Å². The van der Waals surface area contributed by atoms with Crippen LogP contribution in [0.4, 0.5) is 4.79 Å². The van der Waals surface area contributed by atoms with E-state index in [4.69, 9.17) is 9.47 Å². The zero-order chi connectivity index (χ0) is 17.1. The number of aliphatic hydroxyl groups is 1. The van der Waals surface area contributed by atoms with E-state index in [1.165, 1.54) is 4.90 Å². The molecule has 0 aromatic rings. The molecule has 0 aliphatic carbocycles. The molecule has 1 amide bonds. The minimum atomic E-state index is -0.784. The van der Waals surface area contributed by atoms with Crippen LogP contribution in [0.2, 0.25) is 0 Å². The van der Waals surface area contributed by atoms with Crippen LogP contribution in [0, 0.1) is 11.8 Å². The van der Waals surface area contributed by atoms with Gasteiger partial charge >= 0.3 is 12.1 Å². The van der Waals surface area contributed by atoms with Gasteiger partial charge in [0.1, 0.15) is 11.6 Å². The topological polar surface area (TPSA) is 76.1 Å². The van der Waals surface area contributed by atoms with Crippen LogP contribution < -0.4 is 0 Å². The third-order valence-corrected chi connectivity index (χ3v) is 3.52. The molecule has 1 heterocycles.